The van der Waals surface area contributed by atoms with Crippen LogP contribution in [-0.2, 0) is 26.9 Å². The lowest BCUT2D eigenvalue weighted by atomic mass is 9.94. The molecule has 0 N–H and O–H groups in total. The molecule has 0 aliphatic heterocycles. The molecule has 8 aromatic rings. The van der Waals surface area contributed by atoms with Gasteiger partial charge in [0, 0.05) is 45.7 Å². The maximum absolute atomic E-state index is 2.43. The molecule has 4 aromatic carbocycles. The predicted octanol–water partition coefficient (Wildman–Crippen LogP) is 15.4. The van der Waals surface area contributed by atoms with E-state index in [9.17, 15) is 0 Å². The number of hydrogen-bond acceptors (Lipinski definition) is 2. The van der Waals surface area contributed by atoms with Gasteiger partial charge in [-0.05, 0) is 107 Å². The zero-order chi connectivity index (χ0) is 35.6. The van der Waals surface area contributed by atoms with E-state index in [-0.39, 0.29) is 0 Å². The van der Waals surface area contributed by atoms with E-state index in [1.54, 1.807) is 0 Å². The molecule has 4 heterocycles. The molecule has 0 amide bonds. The van der Waals surface area contributed by atoms with Crippen LogP contribution in [0.1, 0.15) is 101 Å². The minimum absolute atomic E-state index is 1.20. The smallest absolute Gasteiger partial charge is 0.0590 e. The fourth-order valence-corrected chi connectivity index (χ4v) is 10.8. The van der Waals surface area contributed by atoms with Crippen LogP contribution in [0.15, 0.2) is 84.9 Å². The average molecular weight is 723 g/mol. The lowest BCUT2D eigenvalue weighted by molar-refractivity contribution is 0.609. The second-order valence-corrected chi connectivity index (χ2v) is 17.5. The molecule has 2 nitrogen and oxygen atoms in total. The Balaban J connectivity index is 1.08. The van der Waals surface area contributed by atoms with Crippen molar-refractivity contribution in [2.24, 2.45) is 14.1 Å². The maximum Gasteiger partial charge on any atom is 0.0590 e. The topological polar surface area (TPSA) is 9.86 Å². The third-order valence-electron chi connectivity index (χ3n) is 11.6. The molecule has 0 spiro atoms. The van der Waals surface area contributed by atoms with Gasteiger partial charge in [-0.2, -0.15) is 0 Å². The van der Waals surface area contributed by atoms with Crippen LogP contribution >= 0.6 is 22.7 Å². The molecule has 0 fully saturated rings. The quantitative estimate of drug-likeness (QED) is 0.0694. The van der Waals surface area contributed by atoms with Crippen molar-refractivity contribution in [3.63, 3.8) is 0 Å². The van der Waals surface area contributed by atoms with Crippen molar-refractivity contribution in [3.8, 4) is 21.1 Å². The van der Waals surface area contributed by atoms with Gasteiger partial charge in [0.25, 0.3) is 0 Å². The van der Waals surface area contributed by atoms with Gasteiger partial charge in [0.15, 0.2) is 0 Å². The van der Waals surface area contributed by atoms with Crippen LogP contribution in [0.5, 0.6) is 0 Å². The van der Waals surface area contributed by atoms with Gasteiger partial charge in [-0.1, -0.05) is 114 Å². The summed E-state index contributed by atoms with van der Waals surface area (Å²) in [7, 11) is 4.47. The molecule has 0 atom stereocenters. The van der Waals surface area contributed by atoms with Gasteiger partial charge >= 0.3 is 0 Å². The minimum Gasteiger partial charge on any atom is -0.343 e. The molecule has 8 rings (SSSR count). The van der Waals surface area contributed by atoms with Crippen molar-refractivity contribution >= 4 is 76.8 Å². The summed E-state index contributed by atoms with van der Waals surface area (Å²) in [4.78, 5) is 5.79. The second kappa shape index (κ2) is 15.6. The van der Waals surface area contributed by atoms with Crippen LogP contribution in [0.25, 0.3) is 75.3 Å². The Bertz CT molecular complexity index is 2310. The third-order valence-corrected chi connectivity index (χ3v) is 14.0. The Morgan fingerprint density at radius 1 is 0.385 bits per heavy atom. The molecule has 0 unspecified atom stereocenters. The number of thiophene rings is 2. The highest BCUT2D eigenvalue weighted by Gasteiger charge is 2.17. The molecule has 4 heteroatoms. The first kappa shape index (κ1) is 35.2. The molecule has 268 valence electrons. The Kier molecular flexibility index (Phi) is 10.6. The molecule has 0 saturated heterocycles. The molecule has 0 bridgehead atoms. The lowest BCUT2D eigenvalue weighted by Gasteiger charge is -2.10. The van der Waals surface area contributed by atoms with Crippen molar-refractivity contribution in [3.05, 3.63) is 94.7 Å². The first-order chi connectivity index (χ1) is 25.6. The van der Waals surface area contributed by atoms with Crippen molar-refractivity contribution in [1.82, 2.24) is 9.13 Å². The summed E-state index contributed by atoms with van der Waals surface area (Å²) < 4.78 is 4.79. The summed E-state index contributed by atoms with van der Waals surface area (Å²) in [6, 6.07) is 33.2. The van der Waals surface area contributed by atoms with Crippen LogP contribution in [0.3, 0.4) is 0 Å². The zero-order valence-electron chi connectivity index (χ0n) is 31.7. The highest BCUT2D eigenvalue weighted by Crippen LogP contribution is 2.41. The molecule has 0 saturated carbocycles. The second-order valence-electron chi connectivity index (χ2n) is 15.2. The molecule has 0 aliphatic rings. The normalized spacial score (nSPS) is 12.2. The van der Waals surface area contributed by atoms with Crippen LogP contribution in [0.4, 0.5) is 0 Å². The van der Waals surface area contributed by atoms with E-state index in [2.05, 4.69) is 122 Å². The summed E-state index contributed by atoms with van der Waals surface area (Å²) in [6.07, 6.45) is 18.6. The first-order valence-electron chi connectivity index (χ1n) is 20.1. The summed E-state index contributed by atoms with van der Waals surface area (Å²) >= 11 is 3.96. The van der Waals surface area contributed by atoms with Crippen LogP contribution in [-0.4, -0.2) is 9.13 Å². The third kappa shape index (κ3) is 6.74. The van der Waals surface area contributed by atoms with Gasteiger partial charge in [0.1, 0.15) is 0 Å². The molecule has 0 aliphatic carbocycles. The van der Waals surface area contributed by atoms with Crippen molar-refractivity contribution < 1.29 is 0 Å². The molecular weight excluding hydrogens is 669 g/mol. The summed E-state index contributed by atoms with van der Waals surface area (Å²) in [5.41, 5.74) is 5.25. The van der Waals surface area contributed by atoms with Crippen LogP contribution < -0.4 is 0 Å². The van der Waals surface area contributed by atoms with E-state index in [1.165, 1.54) is 175 Å². The fraction of sp³-hybridized carbons (Fsp3) is 0.375. The first-order valence-corrected chi connectivity index (χ1v) is 21.7. The van der Waals surface area contributed by atoms with Crippen LogP contribution in [0.2, 0.25) is 0 Å². The predicted molar refractivity (Wildman–Crippen MR) is 233 cm³/mol. The largest absolute Gasteiger partial charge is 0.343 e. The molecule has 52 heavy (non-hydrogen) atoms. The van der Waals surface area contributed by atoms with Gasteiger partial charge in [-0.25, -0.2) is 0 Å². The molecule has 4 aromatic heterocycles. The number of nitrogens with zero attached hydrogens (tertiary/aromatic N) is 2. The lowest BCUT2D eigenvalue weighted by Crippen LogP contribution is -1.90. The van der Waals surface area contributed by atoms with E-state index in [0.717, 1.165) is 0 Å². The Morgan fingerprint density at radius 2 is 0.731 bits per heavy atom. The maximum atomic E-state index is 2.43. The Morgan fingerprint density at radius 3 is 1.13 bits per heavy atom. The highest BCUT2D eigenvalue weighted by molar-refractivity contribution is 7.15. The van der Waals surface area contributed by atoms with Crippen LogP contribution in [0, 0.1) is 0 Å². The number of hydrogen-bond donors (Lipinski definition) is 0. The average Bonchev–Trinajstić information content (AvgIpc) is 3.97. The zero-order valence-corrected chi connectivity index (χ0v) is 33.3. The van der Waals surface area contributed by atoms with Gasteiger partial charge in [-0.15, -0.1) is 22.7 Å². The van der Waals surface area contributed by atoms with E-state index < -0.39 is 0 Å². The Labute approximate surface area is 318 Å². The van der Waals surface area contributed by atoms with Crippen molar-refractivity contribution in [2.75, 3.05) is 0 Å². The van der Waals surface area contributed by atoms with E-state index in [0.29, 0.717) is 0 Å². The number of aromatic nitrogens is 2. The summed E-state index contributed by atoms with van der Waals surface area (Å²) in [5, 5.41) is 10.7. The van der Waals surface area contributed by atoms with Gasteiger partial charge in [0.2, 0.25) is 0 Å². The number of unbranched alkanes of at least 4 members (excludes halogenated alkanes) is 10. The SMILES string of the molecule is CCCCCCCCc1ccc(-c2cc3c4ccc5c(ccc6c5ccc5c6cc(-c6ccc(CCCCCCCC)s6)n5C)c4ccc3n2C)s1. The van der Waals surface area contributed by atoms with Crippen molar-refractivity contribution in [1.29, 1.82) is 0 Å². The van der Waals surface area contributed by atoms with E-state index >= 15 is 0 Å². The summed E-state index contributed by atoms with van der Waals surface area (Å²) in [6.45, 7) is 4.58. The summed E-state index contributed by atoms with van der Waals surface area (Å²) in [5.74, 6) is 0. The van der Waals surface area contributed by atoms with Crippen molar-refractivity contribution in [2.45, 2.75) is 104 Å². The van der Waals surface area contributed by atoms with Gasteiger partial charge in [-0.3, -0.25) is 0 Å². The fourth-order valence-electron chi connectivity index (χ4n) is 8.61. The number of aryl methyl sites for hydroxylation is 4. The number of benzene rings is 4. The Hall–Kier alpha value is -3.86. The van der Waals surface area contributed by atoms with Gasteiger partial charge in [0.05, 0.1) is 21.1 Å². The van der Waals surface area contributed by atoms with E-state index in [1.807, 2.05) is 22.7 Å². The molecule has 0 radical (unpaired) electrons. The van der Waals surface area contributed by atoms with E-state index in [4.69, 9.17) is 0 Å². The molecular formula is C48H54N2S2. The standard InChI is InChI=1S/C48H54N2S2/c1-5-7-9-11-13-15-17-33-19-29-47(51-33)45-31-41-39-23-21-36-35(37(39)25-27-43(41)49(45)3)22-24-40-38(36)26-28-44-42(40)32-46(50(44)4)48-30-20-34(52-48)18-16-14-12-10-8-6-2/h19-32H,5-18H2,1-4H3. The minimum atomic E-state index is 1.20. The highest BCUT2D eigenvalue weighted by atomic mass is 32.1. The number of fused-ring (bicyclic) bond motifs is 9. The van der Waals surface area contributed by atoms with Gasteiger partial charge < -0.3 is 9.13 Å². The monoisotopic (exact) mass is 722 g/mol. The number of rotatable bonds is 16.